The van der Waals surface area contributed by atoms with Gasteiger partial charge in [-0.15, -0.1) is 0 Å². The lowest BCUT2D eigenvalue weighted by atomic mass is 9.93. The molecule has 1 saturated heterocycles. The van der Waals surface area contributed by atoms with Crippen molar-refractivity contribution in [2.24, 2.45) is 5.73 Å². The van der Waals surface area contributed by atoms with Crippen LogP contribution in [0.5, 0.6) is 0 Å². The number of likely N-dealkylation sites (tertiary alicyclic amines) is 1. The lowest BCUT2D eigenvalue weighted by molar-refractivity contribution is -0.133. The molecular formula is C23H25N3O2. The molecule has 2 amide bonds. The van der Waals surface area contributed by atoms with Crippen molar-refractivity contribution in [2.75, 3.05) is 13.1 Å². The number of nitrogens with two attached hydrogens (primary N) is 1. The summed E-state index contributed by atoms with van der Waals surface area (Å²) >= 11 is 0. The van der Waals surface area contributed by atoms with Crippen LogP contribution in [0.2, 0.25) is 0 Å². The lowest BCUT2D eigenvalue weighted by Crippen LogP contribution is -2.37. The quantitative estimate of drug-likeness (QED) is 0.897. The minimum Gasteiger partial charge on any atom is -0.340 e. The summed E-state index contributed by atoms with van der Waals surface area (Å²) in [5.41, 5.74) is 9.59. The molecule has 2 aromatic carbocycles. The van der Waals surface area contributed by atoms with E-state index in [1.807, 2.05) is 53.4 Å². The molecule has 5 nitrogen and oxygen atoms in total. The van der Waals surface area contributed by atoms with Crippen molar-refractivity contribution in [3.63, 3.8) is 0 Å². The average Bonchev–Trinajstić information content (AvgIpc) is 3.10. The topological polar surface area (TPSA) is 66.6 Å². The van der Waals surface area contributed by atoms with E-state index in [0.717, 1.165) is 11.1 Å². The van der Waals surface area contributed by atoms with Crippen LogP contribution in [0.1, 0.15) is 42.0 Å². The predicted octanol–water partition coefficient (Wildman–Crippen LogP) is 2.90. The smallest absolute Gasteiger partial charge is 0.225 e. The van der Waals surface area contributed by atoms with E-state index in [1.54, 1.807) is 11.1 Å². The SMILES string of the molecule is CC(=O)N1C=Cc2ccccc2C1CC(=O)N1C[C@@H](N)[C@H](c2ccccc2)C1. The zero-order valence-electron chi connectivity index (χ0n) is 16.0. The van der Waals surface area contributed by atoms with Gasteiger partial charge >= 0.3 is 0 Å². The first-order valence-electron chi connectivity index (χ1n) is 9.69. The molecule has 144 valence electrons. The van der Waals surface area contributed by atoms with E-state index in [0.29, 0.717) is 13.1 Å². The molecule has 0 spiro atoms. The van der Waals surface area contributed by atoms with Gasteiger partial charge in [-0.2, -0.15) is 0 Å². The number of hydrogen-bond acceptors (Lipinski definition) is 3. The van der Waals surface area contributed by atoms with E-state index in [9.17, 15) is 9.59 Å². The molecule has 0 aromatic heterocycles. The molecule has 5 heteroatoms. The molecule has 2 aromatic rings. The summed E-state index contributed by atoms with van der Waals surface area (Å²) in [4.78, 5) is 28.8. The zero-order valence-corrected chi connectivity index (χ0v) is 16.0. The first-order valence-corrected chi connectivity index (χ1v) is 9.69. The molecule has 4 rings (SSSR count). The van der Waals surface area contributed by atoms with Gasteiger partial charge in [0, 0.05) is 38.2 Å². The van der Waals surface area contributed by atoms with Crippen LogP contribution in [0.4, 0.5) is 0 Å². The summed E-state index contributed by atoms with van der Waals surface area (Å²) in [5.74, 6) is 0.117. The van der Waals surface area contributed by atoms with Crippen molar-refractivity contribution in [2.45, 2.75) is 31.3 Å². The molecule has 0 bridgehead atoms. The second kappa shape index (κ2) is 7.60. The second-order valence-electron chi connectivity index (χ2n) is 7.57. The number of carbonyl (C=O) groups is 2. The van der Waals surface area contributed by atoms with E-state index in [4.69, 9.17) is 5.73 Å². The highest BCUT2D eigenvalue weighted by Gasteiger charge is 2.36. The van der Waals surface area contributed by atoms with Crippen molar-refractivity contribution >= 4 is 17.9 Å². The molecule has 3 atom stereocenters. The second-order valence-corrected chi connectivity index (χ2v) is 7.57. The summed E-state index contributed by atoms with van der Waals surface area (Å²) in [6.07, 6.45) is 3.97. The number of benzene rings is 2. The molecule has 1 unspecified atom stereocenters. The van der Waals surface area contributed by atoms with Gasteiger partial charge in [0.1, 0.15) is 0 Å². The summed E-state index contributed by atoms with van der Waals surface area (Å²) in [6, 6.07) is 17.7. The van der Waals surface area contributed by atoms with E-state index in [-0.39, 0.29) is 36.2 Å². The fourth-order valence-electron chi connectivity index (χ4n) is 4.29. The zero-order chi connectivity index (χ0) is 19.7. The minimum absolute atomic E-state index is 0.0373. The van der Waals surface area contributed by atoms with Crippen molar-refractivity contribution in [1.82, 2.24) is 9.80 Å². The van der Waals surface area contributed by atoms with Gasteiger partial charge in [-0.3, -0.25) is 9.59 Å². The van der Waals surface area contributed by atoms with E-state index in [2.05, 4.69) is 12.1 Å². The van der Waals surface area contributed by atoms with E-state index < -0.39 is 0 Å². The summed E-state index contributed by atoms with van der Waals surface area (Å²) in [5, 5.41) is 0. The van der Waals surface area contributed by atoms with Crippen LogP contribution in [-0.2, 0) is 9.59 Å². The fourth-order valence-corrected chi connectivity index (χ4v) is 4.29. The molecule has 2 N–H and O–H groups in total. The van der Waals surface area contributed by atoms with Crippen LogP contribution in [0, 0.1) is 0 Å². The first kappa shape index (κ1) is 18.4. The molecule has 28 heavy (non-hydrogen) atoms. The Balaban J connectivity index is 1.53. The number of carbonyl (C=O) groups excluding carboxylic acids is 2. The van der Waals surface area contributed by atoms with Gasteiger partial charge in [-0.25, -0.2) is 0 Å². The Morgan fingerprint density at radius 1 is 1.04 bits per heavy atom. The maximum Gasteiger partial charge on any atom is 0.225 e. The Bertz CT molecular complexity index is 909. The molecular weight excluding hydrogens is 350 g/mol. The lowest BCUT2D eigenvalue weighted by Gasteiger charge is -2.33. The van der Waals surface area contributed by atoms with Crippen molar-refractivity contribution < 1.29 is 9.59 Å². The van der Waals surface area contributed by atoms with Gasteiger partial charge in [-0.05, 0) is 22.8 Å². The van der Waals surface area contributed by atoms with Gasteiger partial charge in [-0.1, -0.05) is 54.6 Å². The van der Waals surface area contributed by atoms with Crippen LogP contribution in [0.15, 0.2) is 60.8 Å². The predicted molar refractivity (Wildman–Crippen MR) is 109 cm³/mol. The van der Waals surface area contributed by atoms with Crippen molar-refractivity contribution in [3.05, 3.63) is 77.5 Å². The third-order valence-electron chi connectivity index (χ3n) is 5.78. The van der Waals surface area contributed by atoms with Crippen LogP contribution >= 0.6 is 0 Å². The molecule has 2 aliphatic rings. The van der Waals surface area contributed by atoms with E-state index in [1.165, 1.54) is 12.5 Å². The third-order valence-corrected chi connectivity index (χ3v) is 5.78. The number of amides is 2. The monoisotopic (exact) mass is 375 g/mol. The van der Waals surface area contributed by atoms with Gasteiger partial charge < -0.3 is 15.5 Å². The first-order chi connectivity index (χ1) is 13.5. The van der Waals surface area contributed by atoms with Crippen LogP contribution in [-0.4, -0.2) is 40.7 Å². The third kappa shape index (κ3) is 3.45. The Labute approximate surface area is 165 Å². The Morgan fingerprint density at radius 2 is 1.75 bits per heavy atom. The summed E-state index contributed by atoms with van der Waals surface area (Å²) < 4.78 is 0. The summed E-state index contributed by atoms with van der Waals surface area (Å²) in [7, 11) is 0. The highest BCUT2D eigenvalue weighted by Crippen LogP contribution is 2.34. The molecule has 0 saturated carbocycles. The molecule has 0 radical (unpaired) electrons. The molecule has 2 heterocycles. The maximum atomic E-state index is 13.1. The highest BCUT2D eigenvalue weighted by atomic mass is 16.2. The van der Waals surface area contributed by atoms with Gasteiger partial charge in [0.15, 0.2) is 0 Å². The maximum absolute atomic E-state index is 13.1. The molecule has 1 fully saturated rings. The Morgan fingerprint density at radius 3 is 2.50 bits per heavy atom. The van der Waals surface area contributed by atoms with E-state index >= 15 is 0 Å². The van der Waals surface area contributed by atoms with Crippen LogP contribution < -0.4 is 5.73 Å². The van der Waals surface area contributed by atoms with Crippen molar-refractivity contribution in [3.8, 4) is 0 Å². The number of hydrogen-bond donors (Lipinski definition) is 1. The fraction of sp³-hybridized carbons (Fsp3) is 0.304. The van der Waals surface area contributed by atoms with Crippen LogP contribution in [0.3, 0.4) is 0 Å². The summed E-state index contributed by atoms with van der Waals surface area (Å²) in [6.45, 7) is 2.70. The Hall–Kier alpha value is -2.92. The molecule has 0 aliphatic carbocycles. The normalized spacial score (nSPS) is 23.6. The minimum atomic E-state index is -0.279. The van der Waals surface area contributed by atoms with Crippen LogP contribution in [0.25, 0.3) is 6.08 Å². The van der Waals surface area contributed by atoms with Gasteiger partial charge in [0.25, 0.3) is 0 Å². The van der Waals surface area contributed by atoms with Gasteiger partial charge in [0.05, 0.1) is 12.5 Å². The highest BCUT2D eigenvalue weighted by molar-refractivity contribution is 5.82. The number of nitrogens with zero attached hydrogens (tertiary/aromatic N) is 2. The Kier molecular flexibility index (Phi) is 5.01. The number of rotatable bonds is 3. The standard InChI is InChI=1S/C23H25N3O2/c1-16(27)26-12-11-18-9-5-6-10-19(18)22(26)13-23(28)25-14-20(21(24)15-25)17-7-3-2-4-8-17/h2-12,20-22H,13-15,24H2,1H3/t20-,21+,22?/m0/s1. The number of fused-ring (bicyclic) bond motifs is 1. The largest absolute Gasteiger partial charge is 0.340 e. The van der Waals surface area contributed by atoms with Gasteiger partial charge in [0.2, 0.25) is 11.8 Å². The average molecular weight is 375 g/mol. The van der Waals surface area contributed by atoms with Crippen molar-refractivity contribution in [1.29, 1.82) is 0 Å². The molecule has 2 aliphatic heterocycles.